The Morgan fingerprint density at radius 1 is 1.56 bits per heavy atom. The fourth-order valence-corrected chi connectivity index (χ4v) is 1.37. The monoisotopic (exact) mass is 257 g/mol. The Kier molecular flexibility index (Phi) is 4.59. The number of hydrogen-bond acceptors (Lipinski definition) is 3. The van der Waals surface area contributed by atoms with Crippen LogP contribution in [0.5, 0.6) is 0 Å². The topological polar surface area (TPSA) is 87.7 Å². The van der Waals surface area contributed by atoms with Gasteiger partial charge >= 0.3 is 0 Å². The van der Waals surface area contributed by atoms with Gasteiger partial charge in [-0.2, -0.15) is 0 Å². The molecule has 0 bridgehead atoms. The molecule has 0 aliphatic rings. The summed E-state index contributed by atoms with van der Waals surface area (Å²) in [4.78, 5) is 11.7. The van der Waals surface area contributed by atoms with Crippen LogP contribution in [0.2, 0.25) is 0 Å². The Morgan fingerprint density at radius 3 is 2.78 bits per heavy atom. The van der Waals surface area contributed by atoms with Crippen molar-refractivity contribution in [2.24, 2.45) is 10.9 Å². The zero-order chi connectivity index (χ0) is 13.7. The second kappa shape index (κ2) is 5.95. The molecule has 0 saturated carbocycles. The highest BCUT2D eigenvalue weighted by Gasteiger charge is 2.19. The molecule has 1 amide bonds. The van der Waals surface area contributed by atoms with E-state index in [4.69, 9.17) is 10.9 Å². The molecule has 0 aromatic heterocycles. The molecule has 0 saturated heterocycles. The summed E-state index contributed by atoms with van der Waals surface area (Å²) in [6.07, 6.45) is 0.346. The van der Waals surface area contributed by atoms with Crippen molar-refractivity contribution in [2.75, 3.05) is 0 Å². The highest BCUT2D eigenvalue weighted by molar-refractivity contribution is 5.98. The van der Waals surface area contributed by atoms with Crippen molar-refractivity contribution < 1.29 is 18.8 Å². The van der Waals surface area contributed by atoms with Gasteiger partial charge in [-0.25, -0.2) is 8.78 Å². The Balaban J connectivity index is 2.91. The Hall–Kier alpha value is -2.18. The van der Waals surface area contributed by atoms with Crippen LogP contribution in [0.4, 0.5) is 8.78 Å². The number of rotatable bonds is 4. The molecule has 0 aliphatic carbocycles. The lowest BCUT2D eigenvalue weighted by Gasteiger charge is -2.15. The fourth-order valence-electron chi connectivity index (χ4n) is 1.37. The maximum Gasteiger partial charge on any atom is 0.254 e. The van der Waals surface area contributed by atoms with Crippen LogP contribution >= 0.6 is 0 Å². The maximum atomic E-state index is 13.3. The summed E-state index contributed by atoms with van der Waals surface area (Å²) in [6, 6.07) is 2.53. The minimum atomic E-state index is -1.23. The Morgan fingerprint density at radius 2 is 2.22 bits per heavy atom. The standard InChI is InChI=1S/C11H13F2N3O2/c1-2-8(10(14)16-18)15-11(17)6-4-3-5-7(12)9(6)13/h3-5,8,18H,2H2,1H3,(H2,14,16)(H,15,17). The molecule has 18 heavy (non-hydrogen) atoms. The molecule has 1 atom stereocenters. The molecule has 1 aromatic carbocycles. The van der Waals surface area contributed by atoms with Gasteiger partial charge in [-0.05, 0) is 18.6 Å². The number of carbonyl (C=O) groups is 1. The summed E-state index contributed by atoms with van der Waals surface area (Å²) < 4.78 is 26.3. The second-order valence-electron chi connectivity index (χ2n) is 3.56. The maximum absolute atomic E-state index is 13.3. The van der Waals surface area contributed by atoms with E-state index in [1.165, 1.54) is 6.07 Å². The van der Waals surface area contributed by atoms with E-state index in [2.05, 4.69) is 10.5 Å². The normalized spacial score (nSPS) is 13.2. The molecule has 1 unspecified atom stereocenters. The van der Waals surface area contributed by atoms with Crippen molar-refractivity contribution >= 4 is 11.7 Å². The van der Waals surface area contributed by atoms with E-state index in [1.807, 2.05) is 0 Å². The summed E-state index contributed by atoms with van der Waals surface area (Å²) in [5.74, 6) is -3.38. The third kappa shape index (κ3) is 2.93. The van der Waals surface area contributed by atoms with Crippen LogP contribution in [-0.4, -0.2) is 23.0 Å². The molecule has 1 rings (SSSR count). The van der Waals surface area contributed by atoms with Crippen LogP contribution in [0.25, 0.3) is 0 Å². The Bertz CT molecular complexity index is 477. The number of carbonyl (C=O) groups excluding carboxylic acids is 1. The van der Waals surface area contributed by atoms with Crippen LogP contribution in [-0.2, 0) is 0 Å². The number of oxime groups is 1. The molecule has 98 valence electrons. The van der Waals surface area contributed by atoms with Gasteiger partial charge in [0.15, 0.2) is 17.5 Å². The summed E-state index contributed by atoms with van der Waals surface area (Å²) in [6.45, 7) is 1.69. The minimum absolute atomic E-state index is 0.206. The summed E-state index contributed by atoms with van der Waals surface area (Å²) >= 11 is 0. The first-order valence-electron chi connectivity index (χ1n) is 5.23. The lowest BCUT2D eigenvalue weighted by atomic mass is 10.1. The number of nitrogens with one attached hydrogen (secondary N) is 1. The zero-order valence-corrected chi connectivity index (χ0v) is 9.65. The predicted octanol–water partition coefficient (Wildman–Crippen LogP) is 1.22. The van der Waals surface area contributed by atoms with E-state index in [1.54, 1.807) is 6.92 Å². The number of hydrogen-bond donors (Lipinski definition) is 3. The molecule has 0 heterocycles. The van der Waals surface area contributed by atoms with Crippen LogP contribution in [0.15, 0.2) is 23.4 Å². The first-order valence-corrected chi connectivity index (χ1v) is 5.23. The van der Waals surface area contributed by atoms with Gasteiger partial charge in [-0.3, -0.25) is 4.79 Å². The molecule has 7 heteroatoms. The third-order valence-corrected chi connectivity index (χ3v) is 2.38. The largest absolute Gasteiger partial charge is 0.409 e. The van der Waals surface area contributed by atoms with Gasteiger partial charge in [0.25, 0.3) is 5.91 Å². The van der Waals surface area contributed by atoms with Gasteiger partial charge in [0.05, 0.1) is 11.6 Å². The average molecular weight is 257 g/mol. The molecule has 1 aromatic rings. The van der Waals surface area contributed by atoms with Gasteiger partial charge in [0.1, 0.15) is 0 Å². The van der Waals surface area contributed by atoms with Gasteiger partial charge in [-0.15, -0.1) is 0 Å². The molecule has 0 fully saturated rings. The number of nitrogens with two attached hydrogens (primary N) is 1. The van der Waals surface area contributed by atoms with Crippen LogP contribution in [0, 0.1) is 11.6 Å². The minimum Gasteiger partial charge on any atom is -0.409 e. The van der Waals surface area contributed by atoms with Crippen molar-refractivity contribution in [3.05, 3.63) is 35.4 Å². The van der Waals surface area contributed by atoms with Crippen molar-refractivity contribution in [1.82, 2.24) is 5.32 Å². The van der Waals surface area contributed by atoms with Gasteiger partial charge in [0.2, 0.25) is 0 Å². The lowest BCUT2D eigenvalue weighted by molar-refractivity contribution is 0.0940. The SMILES string of the molecule is CCC(NC(=O)c1cccc(F)c1F)/C(N)=N/O. The molecule has 0 aliphatic heterocycles. The highest BCUT2D eigenvalue weighted by Crippen LogP contribution is 2.11. The first-order chi connectivity index (χ1) is 8.51. The third-order valence-electron chi connectivity index (χ3n) is 2.38. The molecular formula is C11H13F2N3O2. The summed E-state index contributed by atoms with van der Waals surface area (Å²) in [7, 11) is 0. The Labute approximate surface area is 102 Å². The van der Waals surface area contributed by atoms with Gasteiger partial charge in [-0.1, -0.05) is 18.1 Å². The first kappa shape index (κ1) is 13.9. The molecule has 4 N–H and O–H groups in total. The number of nitrogens with zero attached hydrogens (tertiary/aromatic N) is 1. The van der Waals surface area contributed by atoms with E-state index in [-0.39, 0.29) is 5.84 Å². The highest BCUT2D eigenvalue weighted by atomic mass is 19.2. The zero-order valence-electron chi connectivity index (χ0n) is 9.65. The van der Waals surface area contributed by atoms with Crippen molar-refractivity contribution in [2.45, 2.75) is 19.4 Å². The van der Waals surface area contributed by atoms with E-state index in [9.17, 15) is 13.6 Å². The van der Waals surface area contributed by atoms with Crippen LogP contribution in [0.3, 0.4) is 0 Å². The van der Waals surface area contributed by atoms with E-state index >= 15 is 0 Å². The van der Waals surface area contributed by atoms with Crippen LogP contribution < -0.4 is 11.1 Å². The van der Waals surface area contributed by atoms with Crippen molar-refractivity contribution in [3.8, 4) is 0 Å². The summed E-state index contributed by atoms with van der Waals surface area (Å²) in [5.41, 5.74) is 4.91. The molecule has 0 radical (unpaired) electrons. The second-order valence-corrected chi connectivity index (χ2v) is 3.56. The number of halogens is 2. The number of amides is 1. The van der Waals surface area contributed by atoms with Crippen molar-refractivity contribution in [1.29, 1.82) is 0 Å². The predicted molar refractivity (Wildman–Crippen MR) is 61.3 cm³/mol. The lowest BCUT2D eigenvalue weighted by Crippen LogP contribution is -2.44. The quantitative estimate of drug-likeness (QED) is 0.328. The fraction of sp³-hybridized carbons (Fsp3) is 0.273. The molecular weight excluding hydrogens is 244 g/mol. The van der Waals surface area contributed by atoms with Crippen LogP contribution in [0.1, 0.15) is 23.7 Å². The number of amidine groups is 1. The number of benzene rings is 1. The smallest absolute Gasteiger partial charge is 0.254 e. The summed E-state index contributed by atoms with van der Waals surface area (Å²) in [5, 5.41) is 13.6. The van der Waals surface area contributed by atoms with E-state index in [0.29, 0.717) is 6.42 Å². The van der Waals surface area contributed by atoms with Gasteiger partial charge < -0.3 is 16.3 Å². The van der Waals surface area contributed by atoms with E-state index < -0.39 is 29.1 Å². The average Bonchev–Trinajstić information content (AvgIpc) is 2.37. The molecule has 5 nitrogen and oxygen atoms in total. The van der Waals surface area contributed by atoms with Gasteiger partial charge in [0, 0.05) is 0 Å². The van der Waals surface area contributed by atoms with E-state index in [0.717, 1.165) is 12.1 Å². The molecule has 0 spiro atoms. The van der Waals surface area contributed by atoms with Crippen molar-refractivity contribution in [3.63, 3.8) is 0 Å².